The average molecular weight is 488 g/mol. The summed E-state index contributed by atoms with van der Waals surface area (Å²) in [5.41, 5.74) is 3.82. The van der Waals surface area contributed by atoms with Gasteiger partial charge >= 0.3 is 5.97 Å². The molecule has 10 heteroatoms. The van der Waals surface area contributed by atoms with Crippen LogP contribution in [0.2, 0.25) is 0 Å². The maximum Gasteiger partial charge on any atom is 0.342 e. The third-order valence-corrected chi connectivity index (χ3v) is 6.84. The van der Waals surface area contributed by atoms with Gasteiger partial charge in [-0.2, -0.15) is 8.75 Å². The monoisotopic (exact) mass is 488 g/mol. The molecule has 4 heterocycles. The second-order valence-electron chi connectivity index (χ2n) is 8.29. The molecule has 1 unspecified atom stereocenters. The Morgan fingerprint density at radius 2 is 1.54 bits per heavy atom. The highest BCUT2D eigenvalue weighted by molar-refractivity contribution is 7.00. The Labute approximate surface area is 202 Å². The fourth-order valence-corrected chi connectivity index (χ4v) is 5.09. The minimum absolute atomic E-state index is 0.0871. The fourth-order valence-electron chi connectivity index (χ4n) is 4.57. The number of aromatic nitrogens is 2. The first-order valence-electron chi connectivity index (χ1n) is 10.8. The number of carbonyl (C=O) groups is 1. The number of cyclic esters (lactones) is 1. The third kappa shape index (κ3) is 3.14. The smallest absolute Gasteiger partial charge is 0.342 e. The molecule has 1 aromatic heterocycles. The van der Waals surface area contributed by atoms with Crippen LogP contribution >= 0.6 is 11.7 Å². The largest absolute Gasteiger partial charge is 0.454 e. The van der Waals surface area contributed by atoms with Crippen molar-refractivity contribution >= 4 is 34.3 Å². The van der Waals surface area contributed by atoms with Gasteiger partial charge in [0.25, 0.3) is 5.79 Å². The molecule has 35 heavy (non-hydrogen) atoms. The molecular formula is C25H16N2O7S. The van der Waals surface area contributed by atoms with Crippen LogP contribution in [0.15, 0.2) is 60.2 Å². The molecule has 7 rings (SSSR count). The van der Waals surface area contributed by atoms with E-state index < -0.39 is 11.8 Å². The molecule has 0 spiro atoms. The van der Waals surface area contributed by atoms with E-state index in [1.54, 1.807) is 36.4 Å². The van der Waals surface area contributed by atoms with Crippen molar-refractivity contribution < 1.29 is 33.6 Å². The summed E-state index contributed by atoms with van der Waals surface area (Å²) in [5.74, 6) is -0.365. The van der Waals surface area contributed by atoms with E-state index in [4.69, 9.17) is 23.7 Å². The molecule has 0 bridgehead atoms. The number of hydrogen-bond donors (Lipinski definition) is 1. The lowest BCUT2D eigenvalue weighted by Crippen LogP contribution is -2.29. The second-order valence-corrected chi connectivity index (χ2v) is 8.82. The highest BCUT2D eigenvalue weighted by atomic mass is 32.1. The van der Waals surface area contributed by atoms with Gasteiger partial charge in [-0.1, -0.05) is 12.1 Å². The minimum atomic E-state index is -2.01. The van der Waals surface area contributed by atoms with E-state index in [0.29, 0.717) is 45.2 Å². The van der Waals surface area contributed by atoms with Crippen LogP contribution < -0.4 is 18.9 Å². The molecule has 0 saturated heterocycles. The van der Waals surface area contributed by atoms with Crippen molar-refractivity contribution in [1.82, 2.24) is 8.75 Å². The summed E-state index contributed by atoms with van der Waals surface area (Å²) in [4.78, 5) is 13.3. The van der Waals surface area contributed by atoms with E-state index >= 15 is 0 Å². The molecule has 0 radical (unpaired) electrons. The van der Waals surface area contributed by atoms with Crippen LogP contribution in [-0.4, -0.2) is 33.4 Å². The van der Waals surface area contributed by atoms with Crippen molar-refractivity contribution in [1.29, 1.82) is 0 Å². The molecule has 1 atom stereocenters. The summed E-state index contributed by atoms with van der Waals surface area (Å²) < 4.78 is 36.0. The van der Waals surface area contributed by atoms with Crippen molar-refractivity contribution in [2.75, 3.05) is 13.6 Å². The van der Waals surface area contributed by atoms with Gasteiger partial charge in [0.05, 0.1) is 17.3 Å². The summed E-state index contributed by atoms with van der Waals surface area (Å²) in [5, 5.41) is 11.9. The molecule has 3 aromatic carbocycles. The summed E-state index contributed by atoms with van der Waals surface area (Å²) >= 11 is 1.09. The number of benzene rings is 3. The number of aliphatic hydroxyl groups is 1. The molecule has 174 valence electrons. The van der Waals surface area contributed by atoms with Crippen LogP contribution in [-0.2, 0) is 21.7 Å². The Morgan fingerprint density at radius 1 is 0.829 bits per heavy atom. The molecule has 0 fully saturated rings. The van der Waals surface area contributed by atoms with Crippen LogP contribution in [0.4, 0.5) is 0 Å². The van der Waals surface area contributed by atoms with Crippen LogP contribution in [0.3, 0.4) is 0 Å². The fraction of sp³-hybridized carbons (Fsp3) is 0.160. The molecule has 3 aliphatic rings. The van der Waals surface area contributed by atoms with Gasteiger partial charge in [-0.25, -0.2) is 4.79 Å². The number of ether oxygens (including phenoxy) is 5. The Hall–Kier alpha value is -4.15. The normalized spacial score (nSPS) is 20.1. The standard InChI is InChI=1S/C25H16N2O7S/c28-24-23(14-2-4-17-18(9-14)27-35-26-17)16(7-13-1-5-19-21(8-13)32-11-30-19)25(29,34-24)15-3-6-20-22(10-15)33-12-31-20/h1-6,8-10,29H,7,11-12H2. The predicted octanol–water partition coefficient (Wildman–Crippen LogP) is 3.55. The van der Waals surface area contributed by atoms with E-state index in [9.17, 15) is 9.90 Å². The predicted molar refractivity (Wildman–Crippen MR) is 123 cm³/mol. The Balaban J connectivity index is 1.40. The summed E-state index contributed by atoms with van der Waals surface area (Å²) in [6, 6.07) is 15.9. The number of esters is 1. The van der Waals surface area contributed by atoms with Gasteiger partial charge in [-0.05, 0) is 53.6 Å². The van der Waals surface area contributed by atoms with Crippen LogP contribution in [0.1, 0.15) is 16.7 Å². The zero-order valence-corrected chi connectivity index (χ0v) is 18.8. The van der Waals surface area contributed by atoms with E-state index in [-0.39, 0.29) is 25.6 Å². The third-order valence-electron chi connectivity index (χ3n) is 6.28. The van der Waals surface area contributed by atoms with Crippen molar-refractivity contribution in [2.45, 2.75) is 12.2 Å². The Morgan fingerprint density at radius 3 is 2.37 bits per heavy atom. The summed E-state index contributed by atoms with van der Waals surface area (Å²) in [6.45, 7) is 0.237. The van der Waals surface area contributed by atoms with Crippen LogP contribution in [0, 0.1) is 0 Å². The second kappa shape index (κ2) is 7.42. The molecule has 0 amide bonds. The molecular weight excluding hydrogens is 472 g/mol. The molecule has 0 saturated carbocycles. The van der Waals surface area contributed by atoms with Crippen LogP contribution in [0.25, 0.3) is 16.6 Å². The van der Waals surface area contributed by atoms with Gasteiger partial charge in [0.1, 0.15) is 11.0 Å². The number of nitrogens with zero attached hydrogens (tertiary/aromatic N) is 2. The molecule has 1 N–H and O–H groups in total. The lowest BCUT2D eigenvalue weighted by molar-refractivity contribution is -0.185. The Kier molecular flexibility index (Phi) is 4.29. The van der Waals surface area contributed by atoms with Gasteiger partial charge < -0.3 is 28.8 Å². The van der Waals surface area contributed by atoms with Gasteiger partial charge in [-0.3, -0.25) is 0 Å². The maximum atomic E-state index is 13.3. The highest BCUT2D eigenvalue weighted by Crippen LogP contribution is 2.47. The van der Waals surface area contributed by atoms with Crippen molar-refractivity contribution in [2.24, 2.45) is 0 Å². The first-order valence-corrected chi connectivity index (χ1v) is 11.5. The summed E-state index contributed by atoms with van der Waals surface area (Å²) in [6.07, 6.45) is 0.218. The minimum Gasteiger partial charge on any atom is -0.454 e. The van der Waals surface area contributed by atoms with Gasteiger partial charge in [0.2, 0.25) is 13.6 Å². The molecule has 9 nitrogen and oxygen atoms in total. The molecule has 0 aliphatic carbocycles. The zero-order valence-electron chi connectivity index (χ0n) is 18.0. The first-order chi connectivity index (χ1) is 17.1. The molecule has 3 aliphatic heterocycles. The number of carbonyl (C=O) groups excluding carboxylic acids is 1. The first kappa shape index (κ1) is 20.2. The van der Waals surface area contributed by atoms with Crippen molar-refractivity contribution in [3.05, 3.63) is 76.9 Å². The lowest BCUT2D eigenvalue weighted by atomic mass is 9.88. The topological polar surface area (TPSA) is 109 Å². The zero-order chi connectivity index (χ0) is 23.6. The van der Waals surface area contributed by atoms with Gasteiger partial charge in [-0.15, -0.1) is 0 Å². The number of rotatable bonds is 4. The number of fused-ring (bicyclic) bond motifs is 3. The van der Waals surface area contributed by atoms with E-state index in [1.165, 1.54) is 0 Å². The van der Waals surface area contributed by atoms with E-state index in [0.717, 1.165) is 22.8 Å². The SMILES string of the molecule is O=C1OC(O)(c2ccc3c(c2)OCO3)C(Cc2ccc3c(c2)OCO3)=C1c1ccc2nsnc2c1. The molecule has 4 aromatic rings. The quantitative estimate of drug-likeness (QED) is 0.431. The maximum absolute atomic E-state index is 13.3. The summed E-state index contributed by atoms with van der Waals surface area (Å²) in [7, 11) is 0. The number of hydrogen-bond acceptors (Lipinski definition) is 10. The highest BCUT2D eigenvalue weighted by Gasteiger charge is 2.48. The van der Waals surface area contributed by atoms with E-state index in [1.807, 2.05) is 18.2 Å². The van der Waals surface area contributed by atoms with Gasteiger partial charge in [0, 0.05) is 17.6 Å². The van der Waals surface area contributed by atoms with Crippen LogP contribution in [0.5, 0.6) is 23.0 Å². The average Bonchev–Trinajstić information content (AvgIpc) is 3.65. The van der Waals surface area contributed by atoms with E-state index in [2.05, 4.69) is 8.75 Å². The van der Waals surface area contributed by atoms with Crippen molar-refractivity contribution in [3.8, 4) is 23.0 Å². The lowest BCUT2D eigenvalue weighted by Gasteiger charge is -2.26. The van der Waals surface area contributed by atoms with Crippen molar-refractivity contribution in [3.63, 3.8) is 0 Å². The van der Waals surface area contributed by atoms with Gasteiger partial charge in [0.15, 0.2) is 23.0 Å². The Bertz CT molecular complexity index is 1560.